The summed E-state index contributed by atoms with van der Waals surface area (Å²) in [7, 11) is 0. The smallest absolute Gasteiger partial charge is 0.459 e. The molecule has 0 aromatic rings. The average molecular weight is 456 g/mol. The molecule has 4 unspecified atom stereocenters. The van der Waals surface area contributed by atoms with E-state index >= 15 is 0 Å². The van der Waals surface area contributed by atoms with Crippen LogP contribution in [0.15, 0.2) is 12.2 Å². The first-order valence-corrected chi connectivity index (χ1v) is 8.65. The number of fused-ring (bicyclic) bond motifs is 2. The zero-order valence-corrected chi connectivity index (χ0v) is 15.4. The molecule has 0 aromatic heterocycles. The summed E-state index contributed by atoms with van der Waals surface area (Å²) in [5.41, 5.74) is 0.0596. The number of halogens is 9. The number of hydrogen-bond acceptors (Lipinski definition) is 4. The van der Waals surface area contributed by atoms with Gasteiger partial charge in [-0.1, -0.05) is 6.58 Å². The Labute approximate surface area is 164 Å². The number of carbonyl (C=O) groups is 2. The first-order valence-electron chi connectivity index (χ1n) is 8.65. The van der Waals surface area contributed by atoms with Gasteiger partial charge in [0.2, 0.25) is 0 Å². The molecule has 2 bridgehead atoms. The molecule has 0 heterocycles. The van der Waals surface area contributed by atoms with Gasteiger partial charge in [0.25, 0.3) is 0 Å². The van der Waals surface area contributed by atoms with E-state index in [-0.39, 0.29) is 17.9 Å². The van der Waals surface area contributed by atoms with Crippen molar-refractivity contribution in [3.63, 3.8) is 0 Å². The Hall–Kier alpha value is -1.95. The minimum Gasteiger partial charge on any atom is -0.459 e. The van der Waals surface area contributed by atoms with Gasteiger partial charge in [0.05, 0.1) is 5.92 Å². The second-order valence-electron chi connectivity index (χ2n) is 7.53. The highest BCUT2D eigenvalue weighted by atomic mass is 19.4. The second kappa shape index (κ2) is 7.63. The predicted octanol–water partition coefficient (Wildman–Crippen LogP) is 4.53. The molecule has 4 nitrogen and oxygen atoms in total. The Balaban J connectivity index is 2.04. The maximum atomic E-state index is 13.5. The molecule has 0 saturated heterocycles. The molecule has 0 radical (unpaired) electrons. The van der Waals surface area contributed by atoms with E-state index in [0.29, 0.717) is 12.8 Å². The van der Waals surface area contributed by atoms with Crippen LogP contribution in [0.25, 0.3) is 0 Å². The number of rotatable bonds is 7. The number of esters is 2. The molecule has 0 N–H and O–H groups in total. The van der Waals surface area contributed by atoms with Crippen LogP contribution < -0.4 is 0 Å². The summed E-state index contributed by atoms with van der Waals surface area (Å²) in [6.07, 6.45) is -6.95. The molecule has 0 aromatic carbocycles. The van der Waals surface area contributed by atoms with E-state index in [1.807, 2.05) is 0 Å². The molecule has 2 aliphatic rings. The number of carbonyl (C=O) groups excluding carboxylic acids is 2. The average Bonchev–Trinajstić information content (AvgIpc) is 3.18. The van der Waals surface area contributed by atoms with Crippen molar-refractivity contribution >= 4 is 11.9 Å². The Kier molecular flexibility index (Phi) is 6.19. The van der Waals surface area contributed by atoms with Gasteiger partial charge in [-0.15, -0.1) is 0 Å². The van der Waals surface area contributed by atoms with Crippen LogP contribution >= 0.6 is 0 Å². The lowest BCUT2D eigenvalue weighted by Crippen LogP contribution is -2.62. The van der Waals surface area contributed by atoms with E-state index in [4.69, 9.17) is 4.74 Å². The lowest BCUT2D eigenvalue weighted by molar-refractivity contribution is -0.399. The van der Waals surface area contributed by atoms with Gasteiger partial charge in [0.15, 0.2) is 6.61 Å². The zero-order valence-electron chi connectivity index (χ0n) is 15.4. The quantitative estimate of drug-likeness (QED) is 0.321. The van der Waals surface area contributed by atoms with Gasteiger partial charge < -0.3 is 9.47 Å². The van der Waals surface area contributed by atoms with E-state index < -0.39 is 60.4 Å². The third kappa shape index (κ3) is 4.11. The summed E-state index contributed by atoms with van der Waals surface area (Å²) in [4.78, 5) is 23.7. The van der Waals surface area contributed by atoms with E-state index in [9.17, 15) is 49.1 Å². The molecule has 2 fully saturated rings. The van der Waals surface area contributed by atoms with Crippen molar-refractivity contribution in [2.75, 3.05) is 6.61 Å². The minimum absolute atomic E-state index is 0.0596. The highest BCUT2D eigenvalue weighted by Crippen LogP contribution is 2.54. The topological polar surface area (TPSA) is 52.6 Å². The van der Waals surface area contributed by atoms with E-state index in [1.165, 1.54) is 6.92 Å². The molecule has 30 heavy (non-hydrogen) atoms. The second-order valence-corrected chi connectivity index (χ2v) is 7.53. The predicted molar refractivity (Wildman–Crippen MR) is 80.9 cm³/mol. The fourth-order valence-corrected chi connectivity index (χ4v) is 3.70. The van der Waals surface area contributed by atoms with Gasteiger partial charge in [-0.05, 0) is 32.1 Å². The summed E-state index contributed by atoms with van der Waals surface area (Å²) >= 11 is 0. The van der Waals surface area contributed by atoms with Crippen LogP contribution in [0, 0.1) is 17.8 Å². The zero-order chi connectivity index (χ0) is 23.3. The number of alkyl halides is 9. The highest BCUT2D eigenvalue weighted by Gasteiger charge is 2.82. The molecule has 2 aliphatic carbocycles. The summed E-state index contributed by atoms with van der Waals surface area (Å²) < 4.78 is 125. The summed E-state index contributed by atoms with van der Waals surface area (Å²) in [5.74, 6) is -24.1. The number of hydrogen-bond donors (Lipinski definition) is 0. The normalized spacial score (nSPS) is 27.1. The van der Waals surface area contributed by atoms with Crippen LogP contribution in [-0.4, -0.2) is 48.6 Å². The van der Waals surface area contributed by atoms with Crippen LogP contribution in [-0.2, 0) is 19.1 Å². The molecule has 0 spiro atoms. The Bertz CT molecular complexity index is 717. The van der Waals surface area contributed by atoms with Gasteiger partial charge >= 0.3 is 35.9 Å². The lowest BCUT2D eigenvalue weighted by Gasteiger charge is -2.33. The van der Waals surface area contributed by atoms with Crippen molar-refractivity contribution in [3.8, 4) is 0 Å². The lowest BCUT2D eigenvalue weighted by atomic mass is 9.86. The Morgan fingerprint density at radius 1 is 0.933 bits per heavy atom. The minimum atomic E-state index is -7.05. The molecule has 172 valence electrons. The largest absolute Gasteiger partial charge is 0.460 e. The monoisotopic (exact) mass is 456 g/mol. The first kappa shape index (κ1) is 24.3. The molecule has 13 heteroatoms. The van der Waals surface area contributed by atoms with Crippen molar-refractivity contribution < 1.29 is 58.6 Å². The molecule has 0 aliphatic heterocycles. The maximum Gasteiger partial charge on any atom is 0.460 e. The van der Waals surface area contributed by atoms with Gasteiger partial charge in [0.1, 0.15) is 6.10 Å². The van der Waals surface area contributed by atoms with Gasteiger partial charge in [-0.3, -0.25) is 4.79 Å². The molecule has 0 amide bonds. The third-order valence-corrected chi connectivity index (χ3v) is 5.27. The fraction of sp³-hybridized carbons (Fsp3) is 0.765. The Morgan fingerprint density at radius 3 is 1.97 bits per heavy atom. The van der Waals surface area contributed by atoms with Crippen molar-refractivity contribution in [1.82, 2.24) is 0 Å². The van der Waals surface area contributed by atoms with E-state index in [1.54, 1.807) is 0 Å². The standard InChI is InChI=1S/C17H17F9O4/c1-7(2)12(27)30-11-5-8-3-9(11)10(4-8)13(28)29-6-14(18,19)15(20,21)16(22,23)17(24,25)26/h8-11H,1,3-6H2,2H3. The third-order valence-electron chi connectivity index (χ3n) is 5.27. The van der Waals surface area contributed by atoms with Crippen LogP contribution in [0.5, 0.6) is 0 Å². The van der Waals surface area contributed by atoms with Gasteiger partial charge in [-0.2, -0.15) is 39.5 Å². The Morgan fingerprint density at radius 2 is 1.50 bits per heavy atom. The van der Waals surface area contributed by atoms with Gasteiger partial charge in [0, 0.05) is 11.5 Å². The SMILES string of the molecule is C=C(C)C(=O)OC1CC2CC(C(=O)OCC(F)(F)C(F)(F)C(F)(F)C(F)(F)F)C1C2. The van der Waals surface area contributed by atoms with Crippen molar-refractivity contribution in [2.24, 2.45) is 17.8 Å². The first-order chi connectivity index (χ1) is 13.4. The van der Waals surface area contributed by atoms with E-state index in [2.05, 4.69) is 11.3 Å². The van der Waals surface area contributed by atoms with Crippen molar-refractivity contribution in [2.45, 2.75) is 56.2 Å². The molecular weight excluding hydrogens is 439 g/mol. The molecule has 2 rings (SSSR count). The summed E-state index contributed by atoms with van der Waals surface area (Å²) in [6.45, 7) is 2.06. The molecule has 2 saturated carbocycles. The van der Waals surface area contributed by atoms with Crippen LogP contribution in [0.2, 0.25) is 0 Å². The fourth-order valence-electron chi connectivity index (χ4n) is 3.70. The van der Waals surface area contributed by atoms with Gasteiger partial charge in [-0.25, -0.2) is 4.79 Å². The number of ether oxygens (including phenoxy) is 2. The molecular formula is C17H17F9O4. The van der Waals surface area contributed by atoms with E-state index in [0.717, 1.165) is 0 Å². The summed E-state index contributed by atoms with van der Waals surface area (Å²) in [5, 5.41) is 0. The van der Waals surface area contributed by atoms with Crippen LogP contribution in [0.1, 0.15) is 26.2 Å². The van der Waals surface area contributed by atoms with Crippen molar-refractivity contribution in [3.05, 3.63) is 12.2 Å². The molecule has 4 atom stereocenters. The van der Waals surface area contributed by atoms with Crippen LogP contribution in [0.4, 0.5) is 39.5 Å². The highest BCUT2D eigenvalue weighted by molar-refractivity contribution is 5.87. The maximum absolute atomic E-state index is 13.5. The van der Waals surface area contributed by atoms with Crippen molar-refractivity contribution in [1.29, 1.82) is 0 Å². The van der Waals surface area contributed by atoms with Crippen LogP contribution in [0.3, 0.4) is 0 Å². The summed E-state index contributed by atoms with van der Waals surface area (Å²) in [6, 6.07) is 0.